The van der Waals surface area contributed by atoms with Gasteiger partial charge in [-0.05, 0) is 48.9 Å². The molecule has 118 valence electrons. The van der Waals surface area contributed by atoms with Crippen molar-refractivity contribution in [1.82, 2.24) is 5.32 Å². The third-order valence-corrected chi connectivity index (χ3v) is 5.75. The molecular weight excluding hydrogens is 346 g/mol. The van der Waals surface area contributed by atoms with Gasteiger partial charge in [-0.3, -0.25) is 0 Å². The maximum Gasteiger partial charge on any atom is 0.0417 e. The van der Waals surface area contributed by atoms with Gasteiger partial charge in [-0.15, -0.1) is 0 Å². The highest BCUT2D eigenvalue weighted by Crippen LogP contribution is 2.42. The van der Waals surface area contributed by atoms with Crippen LogP contribution in [-0.4, -0.2) is 6.54 Å². The summed E-state index contributed by atoms with van der Waals surface area (Å²) in [5.41, 5.74) is 1.37. The SMILES string of the molecule is CCCNC(c1ccc(Cl)cc1Br)C1CCCCC1CC. The van der Waals surface area contributed by atoms with Crippen LogP contribution >= 0.6 is 27.5 Å². The summed E-state index contributed by atoms with van der Waals surface area (Å²) in [6.45, 7) is 5.66. The molecule has 1 aliphatic rings. The van der Waals surface area contributed by atoms with Crippen molar-refractivity contribution in [2.45, 2.75) is 58.4 Å². The highest BCUT2D eigenvalue weighted by molar-refractivity contribution is 9.10. The van der Waals surface area contributed by atoms with E-state index in [0.29, 0.717) is 6.04 Å². The van der Waals surface area contributed by atoms with Crippen molar-refractivity contribution in [1.29, 1.82) is 0 Å². The van der Waals surface area contributed by atoms with Gasteiger partial charge >= 0.3 is 0 Å². The Morgan fingerprint density at radius 1 is 1.29 bits per heavy atom. The van der Waals surface area contributed by atoms with Crippen LogP contribution < -0.4 is 5.32 Å². The van der Waals surface area contributed by atoms with E-state index >= 15 is 0 Å². The Balaban J connectivity index is 2.27. The zero-order valence-electron chi connectivity index (χ0n) is 13.2. The number of hydrogen-bond acceptors (Lipinski definition) is 1. The van der Waals surface area contributed by atoms with Gasteiger partial charge in [0.25, 0.3) is 0 Å². The Bertz CT molecular complexity index is 449. The third-order valence-electron chi connectivity index (χ3n) is 4.83. The first-order valence-electron chi connectivity index (χ1n) is 8.35. The van der Waals surface area contributed by atoms with Crippen molar-refractivity contribution in [3.8, 4) is 0 Å². The second-order valence-corrected chi connectivity index (χ2v) is 7.51. The van der Waals surface area contributed by atoms with Crippen LogP contribution in [0.15, 0.2) is 22.7 Å². The van der Waals surface area contributed by atoms with E-state index in [1.807, 2.05) is 12.1 Å². The quantitative estimate of drug-likeness (QED) is 0.612. The number of rotatable bonds is 6. The molecule has 21 heavy (non-hydrogen) atoms. The molecule has 1 saturated carbocycles. The molecule has 3 atom stereocenters. The molecule has 0 amide bonds. The van der Waals surface area contributed by atoms with Gasteiger partial charge in [0.1, 0.15) is 0 Å². The lowest BCUT2D eigenvalue weighted by Gasteiger charge is -2.38. The van der Waals surface area contributed by atoms with Gasteiger partial charge in [0, 0.05) is 15.5 Å². The molecule has 2 rings (SSSR count). The van der Waals surface area contributed by atoms with Crippen molar-refractivity contribution >= 4 is 27.5 Å². The van der Waals surface area contributed by atoms with E-state index in [4.69, 9.17) is 11.6 Å². The molecule has 0 bridgehead atoms. The lowest BCUT2D eigenvalue weighted by molar-refractivity contribution is 0.175. The molecule has 1 nitrogen and oxygen atoms in total. The first-order valence-corrected chi connectivity index (χ1v) is 9.52. The molecule has 0 aliphatic heterocycles. The van der Waals surface area contributed by atoms with Gasteiger partial charge in [0.15, 0.2) is 0 Å². The molecule has 0 aromatic heterocycles. The van der Waals surface area contributed by atoms with Crippen LogP contribution in [0.25, 0.3) is 0 Å². The highest BCUT2D eigenvalue weighted by Gasteiger charge is 2.32. The number of hydrogen-bond donors (Lipinski definition) is 1. The summed E-state index contributed by atoms with van der Waals surface area (Å²) in [4.78, 5) is 0. The summed E-state index contributed by atoms with van der Waals surface area (Å²) < 4.78 is 1.14. The van der Waals surface area contributed by atoms with Gasteiger partial charge in [-0.2, -0.15) is 0 Å². The van der Waals surface area contributed by atoms with E-state index in [9.17, 15) is 0 Å². The van der Waals surface area contributed by atoms with E-state index in [2.05, 4.69) is 41.2 Å². The second-order valence-electron chi connectivity index (χ2n) is 6.21. The molecular formula is C18H27BrClN. The molecule has 1 aliphatic carbocycles. The zero-order chi connectivity index (χ0) is 15.2. The second kappa shape index (κ2) is 8.55. The minimum atomic E-state index is 0.446. The predicted octanol–water partition coefficient (Wildman–Crippen LogP) is 6.36. The van der Waals surface area contributed by atoms with Gasteiger partial charge in [-0.25, -0.2) is 0 Å². The first kappa shape index (κ1) is 17.3. The summed E-state index contributed by atoms with van der Waals surface area (Å²) in [6, 6.07) is 6.69. The zero-order valence-corrected chi connectivity index (χ0v) is 15.5. The van der Waals surface area contributed by atoms with Crippen LogP contribution in [0.2, 0.25) is 5.02 Å². The van der Waals surface area contributed by atoms with Gasteiger partial charge in [0.05, 0.1) is 0 Å². The molecule has 0 radical (unpaired) electrons. The Morgan fingerprint density at radius 3 is 2.71 bits per heavy atom. The van der Waals surface area contributed by atoms with Crippen molar-refractivity contribution < 1.29 is 0 Å². The average molecular weight is 373 g/mol. The van der Waals surface area contributed by atoms with Crippen molar-refractivity contribution in [3.05, 3.63) is 33.3 Å². The van der Waals surface area contributed by atoms with Gasteiger partial charge in [0.2, 0.25) is 0 Å². The van der Waals surface area contributed by atoms with E-state index in [1.165, 1.54) is 44.1 Å². The largest absolute Gasteiger partial charge is 0.310 e. The number of nitrogens with one attached hydrogen (secondary N) is 1. The Hall–Kier alpha value is -0.0500. The summed E-state index contributed by atoms with van der Waals surface area (Å²) in [6.07, 6.45) is 7.96. The summed E-state index contributed by atoms with van der Waals surface area (Å²) in [7, 11) is 0. The normalized spacial score (nSPS) is 24.0. The van der Waals surface area contributed by atoms with Crippen LogP contribution in [0, 0.1) is 11.8 Å². The van der Waals surface area contributed by atoms with E-state index in [-0.39, 0.29) is 0 Å². The molecule has 1 fully saturated rings. The van der Waals surface area contributed by atoms with Crippen LogP contribution in [-0.2, 0) is 0 Å². The average Bonchev–Trinajstić information content (AvgIpc) is 2.49. The van der Waals surface area contributed by atoms with Crippen LogP contribution in [0.3, 0.4) is 0 Å². The molecule has 0 saturated heterocycles. The molecule has 1 N–H and O–H groups in total. The summed E-state index contributed by atoms with van der Waals surface area (Å²) in [5, 5.41) is 4.61. The number of benzene rings is 1. The topological polar surface area (TPSA) is 12.0 Å². The smallest absolute Gasteiger partial charge is 0.0417 e. The van der Waals surface area contributed by atoms with Gasteiger partial charge < -0.3 is 5.32 Å². The van der Waals surface area contributed by atoms with Crippen LogP contribution in [0.4, 0.5) is 0 Å². The van der Waals surface area contributed by atoms with Crippen LogP contribution in [0.1, 0.15) is 64.0 Å². The molecule has 1 aromatic rings. The Labute approximate surface area is 143 Å². The standard InChI is InChI=1S/C18H27BrClN/c1-3-11-21-18(15-8-6-5-7-13(15)4-2)16-10-9-14(20)12-17(16)19/h9-10,12-13,15,18,21H,3-8,11H2,1-2H3. The van der Waals surface area contributed by atoms with Crippen molar-refractivity contribution in [2.24, 2.45) is 11.8 Å². The first-order chi connectivity index (χ1) is 10.2. The molecule has 3 unspecified atom stereocenters. The monoisotopic (exact) mass is 371 g/mol. The minimum Gasteiger partial charge on any atom is -0.310 e. The highest BCUT2D eigenvalue weighted by atomic mass is 79.9. The lowest BCUT2D eigenvalue weighted by atomic mass is 9.72. The van der Waals surface area contributed by atoms with Gasteiger partial charge in [-0.1, -0.05) is 73.1 Å². The molecule has 3 heteroatoms. The van der Waals surface area contributed by atoms with Crippen molar-refractivity contribution in [3.63, 3.8) is 0 Å². The van der Waals surface area contributed by atoms with Crippen LogP contribution in [0.5, 0.6) is 0 Å². The minimum absolute atomic E-state index is 0.446. The molecule has 0 heterocycles. The van der Waals surface area contributed by atoms with E-state index < -0.39 is 0 Å². The Morgan fingerprint density at radius 2 is 2.05 bits per heavy atom. The lowest BCUT2D eigenvalue weighted by Crippen LogP contribution is -2.35. The van der Waals surface area contributed by atoms with E-state index in [1.54, 1.807) is 0 Å². The fourth-order valence-corrected chi connectivity index (χ4v) is 4.66. The summed E-state index contributed by atoms with van der Waals surface area (Å²) in [5.74, 6) is 1.59. The predicted molar refractivity (Wildman–Crippen MR) is 95.9 cm³/mol. The third kappa shape index (κ3) is 4.46. The Kier molecular flexibility index (Phi) is 7.04. The maximum atomic E-state index is 6.12. The fraction of sp³-hybridized carbons (Fsp3) is 0.667. The molecule has 1 aromatic carbocycles. The molecule has 0 spiro atoms. The van der Waals surface area contributed by atoms with E-state index in [0.717, 1.165) is 27.9 Å². The number of halogens is 2. The summed E-state index contributed by atoms with van der Waals surface area (Å²) >= 11 is 9.84. The van der Waals surface area contributed by atoms with Crippen molar-refractivity contribution in [2.75, 3.05) is 6.54 Å². The maximum absolute atomic E-state index is 6.12. The fourth-order valence-electron chi connectivity index (χ4n) is 3.73.